The molecule has 0 amide bonds. The van der Waals surface area contributed by atoms with E-state index in [0.29, 0.717) is 11.1 Å². The normalized spacial score (nSPS) is 23.2. The van der Waals surface area contributed by atoms with E-state index in [0.717, 1.165) is 0 Å². The predicted molar refractivity (Wildman–Crippen MR) is 70.4 cm³/mol. The molecule has 0 saturated carbocycles. The summed E-state index contributed by atoms with van der Waals surface area (Å²) in [4.78, 5) is 15.2. The Hall–Kier alpha value is -2.12. The van der Waals surface area contributed by atoms with E-state index in [-0.39, 0.29) is 4.90 Å². The van der Waals surface area contributed by atoms with Gasteiger partial charge in [0.25, 0.3) is 0 Å². The van der Waals surface area contributed by atoms with Crippen LogP contribution in [0, 0.1) is 0 Å². The summed E-state index contributed by atoms with van der Waals surface area (Å²) in [5.41, 5.74) is -0.686. The van der Waals surface area contributed by atoms with Crippen molar-refractivity contribution in [3.05, 3.63) is 53.9 Å². The molecule has 2 N–H and O–H groups in total. The number of esters is 1. The van der Waals surface area contributed by atoms with Crippen molar-refractivity contribution in [2.75, 3.05) is 7.11 Å². The summed E-state index contributed by atoms with van der Waals surface area (Å²) >= 11 is 0. The maximum Gasteiger partial charge on any atom is 0.336 e. The van der Waals surface area contributed by atoms with Crippen molar-refractivity contribution in [1.82, 2.24) is 9.71 Å². The maximum atomic E-state index is 12.3. The molecule has 7 heteroatoms. The lowest BCUT2D eigenvalue weighted by Gasteiger charge is -2.25. The highest BCUT2D eigenvalue weighted by Crippen LogP contribution is 2.41. The smallest absolute Gasteiger partial charge is 0.336 e. The van der Waals surface area contributed by atoms with E-state index >= 15 is 0 Å². The van der Waals surface area contributed by atoms with Crippen LogP contribution in [0.1, 0.15) is 11.1 Å². The monoisotopic (exact) mass is 292 g/mol. The number of hydrogen-bond acceptors (Lipinski definition) is 4. The third-order valence-electron chi connectivity index (χ3n) is 3.39. The summed E-state index contributed by atoms with van der Waals surface area (Å²) < 4.78 is 31.8. The van der Waals surface area contributed by atoms with E-state index in [1.807, 2.05) is 0 Å². The van der Waals surface area contributed by atoms with Gasteiger partial charge in [0.1, 0.15) is 0 Å². The summed E-state index contributed by atoms with van der Waals surface area (Å²) in [7, 11) is -2.53. The van der Waals surface area contributed by atoms with Crippen LogP contribution in [0.4, 0.5) is 0 Å². The van der Waals surface area contributed by atoms with Crippen molar-refractivity contribution in [2.45, 2.75) is 10.4 Å². The van der Waals surface area contributed by atoms with Crippen LogP contribution in [0.25, 0.3) is 0 Å². The molecular weight excluding hydrogens is 280 g/mol. The molecule has 0 radical (unpaired) electrons. The SMILES string of the molecule is COC(=O)C1(c2cc[nH]c2)NS(=O)(=O)c2ccccc21. The van der Waals surface area contributed by atoms with Gasteiger partial charge in [0.2, 0.25) is 10.0 Å². The second-order valence-corrected chi connectivity index (χ2v) is 6.09. The molecule has 104 valence electrons. The third kappa shape index (κ3) is 1.53. The van der Waals surface area contributed by atoms with Crippen molar-refractivity contribution < 1.29 is 17.9 Å². The molecule has 0 bridgehead atoms. The van der Waals surface area contributed by atoms with Crippen LogP contribution in [-0.4, -0.2) is 26.5 Å². The van der Waals surface area contributed by atoms with Gasteiger partial charge in [-0.1, -0.05) is 18.2 Å². The van der Waals surface area contributed by atoms with Crippen LogP contribution >= 0.6 is 0 Å². The van der Waals surface area contributed by atoms with E-state index in [1.54, 1.807) is 36.7 Å². The lowest BCUT2D eigenvalue weighted by Crippen LogP contribution is -2.48. The molecule has 6 nitrogen and oxygen atoms in total. The van der Waals surface area contributed by atoms with Gasteiger partial charge in [-0.25, -0.2) is 13.2 Å². The molecule has 0 aliphatic carbocycles. The molecule has 0 spiro atoms. The molecule has 20 heavy (non-hydrogen) atoms. The van der Waals surface area contributed by atoms with E-state index in [9.17, 15) is 13.2 Å². The molecule has 2 heterocycles. The first kappa shape index (κ1) is 12.9. The molecule has 1 aliphatic rings. The number of ether oxygens (including phenoxy) is 1. The molecule has 0 fully saturated rings. The first-order valence-corrected chi connectivity index (χ1v) is 7.36. The summed E-state index contributed by atoms with van der Waals surface area (Å²) in [5.74, 6) is -0.675. The van der Waals surface area contributed by atoms with Crippen LogP contribution in [-0.2, 0) is 25.1 Å². The minimum atomic E-state index is -3.76. The quantitative estimate of drug-likeness (QED) is 0.798. The van der Waals surface area contributed by atoms with Gasteiger partial charge in [-0.2, -0.15) is 4.72 Å². The zero-order valence-electron chi connectivity index (χ0n) is 10.6. The van der Waals surface area contributed by atoms with E-state index in [4.69, 9.17) is 4.74 Å². The number of H-pyrrole nitrogens is 1. The average Bonchev–Trinajstić information content (AvgIpc) is 3.05. The topological polar surface area (TPSA) is 88.3 Å². The Balaban J connectivity index is 2.37. The predicted octanol–water partition coefficient (Wildman–Crippen LogP) is 0.723. The van der Waals surface area contributed by atoms with Crippen LogP contribution in [0.5, 0.6) is 0 Å². The Morgan fingerprint density at radius 3 is 2.65 bits per heavy atom. The number of sulfonamides is 1. The molecule has 1 unspecified atom stereocenters. The van der Waals surface area contributed by atoms with Crippen molar-refractivity contribution in [1.29, 1.82) is 0 Å². The third-order valence-corrected chi connectivity index (χ3v) is 4.90. The van der Waals surface area contributed by atoms with Gasteiger partial charge >= 0.3 is 5.97 Å². The van der Waals surface area contributed by atoms with Gasteiger partial charge in [-0.15, -0.1) is 0 Å². The number of aromatic nitrogens is 1. The second-order valence-electron chi connectivity index (χ2n) is 4.44. The highest BCUT2D eigenvalue weighted by molar-refractivity contribution is 7.90. The van der Waals surface area contributed by atoms with Gasteiger partial charge in [0.15, 0.2) is 5.54 Å². The molecule has 2 aromatic rings. The first-order chi connectivity index (χ1) is 9.52. The number of benzene rings is 1. The van der Waals surface area contributed by atoms with Crippen LogP contribution in [0.15, 0.2) is 47.6 Å². The van der Waals surface area contributed by atoms with Gasteiger partial charge in [0, 0.05) is 23.5 Å². The number of carbonyl (C=O) groups is 1. The second kappa shape index (κ2) is 4.19. The molecule has 1 aliphatic heterocycles. The highest BCUT2D eigenvalue weighted by Gasteiger charge is 2.54. The number of carbonyl (C=O) groups excluding carboxylic acids is 1. The Morgan fingerprint density at radius 2 is 2.00 bits per heavy atom. The van der Waals surface area contributed by atoms with Crippen molar-refractivity contribution in [3.8, 4) is 0 Å². The first-order valence-electron chi connectivity index (χ1n) is 5.87. The Morgan fingerprint density at radius 1 is 1.25 bits per heavy atom. The Labute approximate surface area is 115 Å². The lowest BCUT2D eigenvalue weighted by molar-refractivity contribution is -0.146. The van der Waals surface area contributed by atoms with E-state index < -0.39 is 21.5 Å². The minimum absolute atomic E-state index is 0.0894. The zero-order chi connectivity index (χ0) is 14.4. The maximum absolute atomic E-state index is 12.3. The number of hydrogen-bond donors (Lipinski definition) is 2. The van der Waals surface area contributed by atoms with Gasteiger partial charge in [-0.3, -0.25) is 0 Å². The molecule has 0 saturated heterocycles. The number of aromatic amines is 1. The van der Waals surface area contributed by atoms with Gasteiger partial charge in [0.05, 0.1) is 12.0 Å². The highest BCUT2D eigenvalue weighted by atomic mass is 32.2. The zero-order valence-corrected chi connectivity index (χ0v) is 11.4. The number of rotatable bonds is 2. The lowest BCUT2D eigenvalue weighted by atomic mass is 9.85. The summed E-state index contributed by atoms with van der Waals surface area (Å²) in [5, 5.41) is 0. The van der Waals surface area contributed by atoms with Crippen LogP contribution < -0.4 is 4.72 Å². The van der Waals surface area contributed by atoms with E-state index in [2.05, 4.69) is 9.71 Å². The number of fused-ring (bicyclic) bond motifs is 1. The standard InChI is InChI=1S/C13H12N2O4S/c1-19-12(16)13(9-6-7-14-8-9)10-4-2-3-5-11(10)20(17,18)15-13/h2-8,14-15H,1H3. The molecule has 3 rings (SSSR count). The largest absolute Gasteiger partial charge is 0.467 e. The Kier molecular flexibility index (Phi) is 2.70. The molecule has 1 aromatic heterocycles. The van der Waals surface area contributed by atoms with E-state index in [1.165, 1.54) is 13.2 Å². The molecular formula is C13H12N2O4S. The van der Waals surface area contributed by atoms with Crippen molar-refractivity contribution in [2.24, 2.45) is 0 Å². The van der Waals surface area contributed by atoms with Crippen LogP contribution in [0.2, 0.25) is 0 Å². The number of nitrogens with one attached hydrogen (secondary N) is 2. The minimum Gasteiger partial charge on any atom is -0.467 e. The fraction of sp³-hybridized carbons (Fsp3) is 0.154. The van der Waals surface area contributed by atoms with Crippen LogP contribution in [0.3, 0.4) is 0 Å². The fourth-order valence-electron chi connectivity index (χ4n) is 2.52. The average molecular weight is 292 g/mol. The van der Waals surface area contributed by atoms with Gasteiger partial charge < -0.3 is 9.72 Å². The summed E-state index contributed by atoms with van der Waals surface area (Å²) in [6.07, 6.45) is 3.19. The number of methoxy groups -OCH3 is 1. The summed E-state index contributed by atoms with van der Waals surface area (Å²) in [6.45, 7) is 0. The Bertz CT molecular complexity index is 767. The fourth-order valence-corrected chi connectivity index (χ4v) is 4.11. The summed E-state index contributed by atoms with van der Waals surface area (Å²) in [6, 6.07) is 8.02. The van der Waals surface area contributed by atoms with Crippen molar-refractivity contribution in [3.63, 3.8) is 0 Å². The molecule has 1 aromatic carbocycles. The molecule has 1 atom stereocenters. The van der Waals surface area contributed by atoms with Crippen molar-refractivity contribution >= 4 is 16.0 Å². The van der Waals surface area contributed by atoms with Gasteiger partial charge in [-0.05, 0) is 12.1 Å².